The van der Waals surface area contributed by atoms with Crippen LogP contribution in [0.4, 0.5) is 9.59 Å². The number of hydrazine groups is 2. The minimum Gasteiger partial charge on any atom is -0.493 e. The first kappa shape index (κ1) is 42.2. The van der Waals surface area contributed by atoms with Gasteiger partial charge >= 0.3 is 12.1 Å². The van der Waals surface area contributed by atoms with Crippen molar-refractivity contribution < 1.29 is 28.7 Å². The van der Waals surface area contributed by atoms with Crippen molar-refractivity contribution in [2.45, 2.75) is 97.3 Å². The van der Waals surface area contributed by atoms with E-state index < -0.39 is 23.9 Å². The highest BCUT2D eigenvalue weighted by Crippen LogP contribution is 2.28. The Hall–Kier alpha value is -5.52. The van der Waals surface area contributed by atoms with Crippen LogP contribution in [0.25, 0.3) is 21.5 Å². The SMILES string of the molecule is CCCCCCCCOc1cc2ccccc2cc1C(=O)NNC(=O)NCCCNC(=O)NNC(=O)c1cc2ccccc2cc1OCCCCCCCC. The molecule has 0 fully saturated rings. The first-order chi connectivity index (χ1) is 26.9. The van der Waals surface area contributed by atoms with Crippen molar-refractivity contribution in [3.63, 3.8) is 0 Å². The van der Waals surface area contributed by atoms with Gasteiger partial charge in [0.25, 0.3) is 11.8 Å². The van der Waals surface area contributed by atoms with E-state index in [0.717, 1.165) is 60.1 Å². The van der Waals surface area contributed by atoms with Crippen molar-refractivity contribution in [1.82, 2.24) is 32.3 Å². The average Bonchev–Trinajstić information content (AvgIpc) is 3.20. The lowest BCUT2D eigenvalue weighted by Gasteiger charge is -2.15. The van der Waals surface area contributed by atoms with Gasteiger partial charge in [0.2, 0.25) is 0 Å². The van der Waals surface area contributed by atoms with Crippen molar-refractivity contribution >= 4 is 45.4 Å². The Bertz CT molecular complexity index is 1700. The summed E-state index contributed by atoms with van der Waals surface area (Å²) in [4.78, 5) is 51.1. The van der Waals surface area contributed by atoms with Gasteiger partial charge in [0, 0.05) is 13.1 Å². The summed E-state index contributed by atoms with van der Waals surface area (Å²) < 4.78 is 12.1. The van der Waals surface area contributed by atoms with E-state index in [1.54, 1.807) is 12.1 Å². The molecule has 4 aromatic carbocycles. The van der Waals surface area contributed by atoms with E-state index in [1.807, 2.05) is 60.7 Å². The fourth-order valence-corrected chi connectivity index (χ4v) is 6.10. The number of nitrogens with one attached hydrogen (secondary N) is 6. The topological polar surface area (TPSA) is 159 Å². The molecule has 0 aliphatic heterocycles. The molecule has 0 spiro atoms. The number of fused-ring (bicyclic) bond motifs is 2. The zero-order chi connectivity index (χ0) is 39.1. The Morgan fingerprint density at radius 1 is 0.455 bits per heavy atom. The Labute approximate surface area is 324 Å². The molecule has 0 aliphatic rings. The molecular formula is C43H58N6O6. The predicted molar refractivity (Wildman–Crippen MR) is 218 cm³/mol. The van der Waals surface area contributed by atoms with Gasteiger partial charge in [0.15, 0.2) is 0 Å². The average molecular weight is 755 g/mol. The van der Waals surface area contributed by atoms with Gasteiger partial charge in [-0.15, -0.1) is 0 Å². The number of amides is 6. The van der Waals surface area contributed by atoms with Crippen molar-refractivity contribution in [1.29, 1.82) is 0 Å². The van der Waals surface area contributed by atoms with Crippen LogP contribution in [0.1, 0.15) is 118 Å². The minimum absolute atomic E-state index is 0.216. The van der Waals surface area contributed by atoms with Crippen LogP contribution >= 0.6 is 0 Å². The molecule has 0 unspecified atom stereocenters. The van der Waals surface area contributed by atoms with Gasteiger partial charge in [-0.3, -0.25) is 20.4 Å². The molecule has 55 heavy (non-hydrogen) atoms. The van der Waals surface area contributed by atoms with E-state index in [1.165, 1.54) is 38.5 Å². The maximum atomic E-state index is 13.1. The molecule has 0 heterocycles. The van der Waals surface area contributed by atoms with Crippen LogP contribution in [-0.2, 0) is 0 Å². The second-order valence-electron chi connectivity index (χ2n) is 13.6. The van der Waals surface area contributed by atoms with Gasteiger partial charge in [-0.1, -0.05) is 127 Å². The van der Waals surface area contributed by atoms with Gasteiger partial charge in [0.1, 0.15) is 11.5 Å². The number of benzene rings is 4. The molecule has 0 atom stereocenters. The summed E-state index contributed by atoms with van der Waals surface area (Å²) in [5, 5.41) is 8.96. The molecule has 0 radical (unpaired) electrons. The molecule has 12 nitrogen and oxygen atoms in total. The van der Waals surface area contributed by atoms with Crippen LogP contribution in [0.15, 0.2) is 72.8 Å². The fraction of sp³-hybridized carbons (Fsp3) is 0.442. The molecule has 0 aromatic heterocycles. The highest BCUT2D eigenvalue weighted by atomic mass is 16.5. The first-order valence-electron chi connectivity index (χ1n) is 19.9. The third kappa shape index (κ3) is 14.7. The van der Waals surface area contributed by atoms with E-state index >= 15 is 0 Å². The third-order valence-corrected chi connectivity index (χ3v) is 9.20. The smallest absolute Gasteiger partial charge is 0.333 e. The Morgan fingerprint density at radius 3 is 1.22 bits per heavy atom. The summed E-state index contributed by atoms with van der Waals surface area (Å²) in [6.07, 6.45) is 13.9. The maximum absolute atomic E-state index is 13.1. The number of hydrogen-bond acceptors (Lipinski definition) is 6. The largest absolute Gasteiger partial charge is 0.493 e. The molecule has 296 valence electrons. The predicted octanol–water partition coefficient (Wildman–Crippen LogP) is 8.45. The number of ether oxygens (including phenoxy) is 2. The lowest BCUT2D eigenvalue weighted by atomic mass is 10.1. The van der Waals surface area contributed by atoms with Gasteiger partial charge in [-0.25, -0.2) is 20.4 Å². The minimum atomic E-state index is -0.606. The Morgan fingerprint density at radius 2 is 0.818 bits per heavy atom. The second kappa shape index (κ2) is 24.0. The number of rotatable bonds is 22. The van der Waals surface area contributed by atoms with Crippen LogP contribution in [0.2, 0.25) is 0 Å². The summed E-state index contributed by atoms with van der Waals surface area (Å²) >= 11 is 0. The van der Waals surface area contributed by atoms with Crippen molar-refractivity contribution in [3.05, 3.63) is 83.9 Å². The van der Waals surface area contributed by atoms with Crippen molar-refractivity contribution in [2.24, 2.45) is 0 Å². The molecular weight excluding hydrogens is 697 g/mol. The highest BCUT2D eigenvalue weighted by molar-refractivity contribution is 6.03. The van der Waals surface area contributed by atoms with E-state index in [2.05, 4.69) is 46.2 Å². The number of hydrogen-bond donors (Lipinski definition) is 6. The van der Waals surface area contributed by atoms with Crippen LogP contribution in [-0.4, -0.2) is 50.2 Å². The molecule has 6 N–H and O–H groups in total. The zero-order valence-electron chi connectivity index (χ0n) is 32.4. The lowest BCUT2D eigenvalue weighted by Crippen LogP contribution is -2.48. The van der Waals surface area contributed by atoms with Crippen LogP contribution in [0, 0.1) is 0 Å². The standard InChI is InChI=1S/C43H58N6O6/c1-3-5-7-9-11-17-26-54-38-30-34-22-15-13-20-32(34)28-36(38)40(50)46-48-42(52)44-24-19-25-45-43(53)49-47-41(51)37-29-33-21-14-16-23-35(33)31-39(37)55-27-18-12-10-8-6-4-2/h13-16,20-23,28-31H,3-12,17-19,24-27H2,1-2H3,(H,46,50)(H,47,51)(H2,44,48,52)(H2,45,49,53). The summed E-state index contributed by atoms with van der Waals surface area (Å²) in [7, 11) is 0. The fourth-order valence-electron chi connectivity index (χ4n) is 6.10. The summed E-state index contributed by atoms with van der Waals surface area (Å²) in [5.41, 5.74) is 10.3. The van der Waals surface area contributed by atoms with E-state index in [9.17, 15) is 19.2 Å². The number of urea groups is 2. The molecule has 0 saturated heterocycles. The molecule has 4 rings (SSSR count). The Kier molecular flexibility index (Phi) is 18.4. The highest BCUT2D eigenvalue weighted by Gasteiger charge is 2.17. The van der Waals surface area contributed by atoms with E-state index in [4.69, 9.17) is 9.47 Å². The monoisotopic (exact) mass is 754 g/mol. The summed E-state index contributed by atoms with van der Waals surface area (Å²) in [5.74, 6) is -0.0806. The molecule has 0 aliphatic carbocycles. The second-order valence-corrected chi connectivity index (χ2v) is 13.6. The molecule has 0 bridgehead atoms. The molecule has 12 heteroatoms. The normalized spacial score (nSPS) is 10.8. The van der Waals surface area contributed by atoms with Crippen molar-refractivity contribution in [2.75, 3.05) is 26.3 Å². The Balaban J connectivity index is 1.16. The quantitative estimate of drug-likeness (QED) is 0.0349. The summed E-state index contributed by atoms with van der Waals surface area (Å²) in [6, 6.07) is 21.4. The van der Waals surface area contributed by atoms with Gasteiger partial charge in [0.05, 0.1) is 24.3 Å². The zero-order valence-corrected chi connectivity index (χ0v) is 32.4. The van der Waals surface area contributed by atoms with Gasteiger partial charge < -0.3 is 20.1 Å². The number of carbonyl (C=O) groups excluding carboxylic acids is 4. The van der Waals surface area contributed by atoms with E-state index in [-0.39, 0.29) is 13.1 Å². The van der Waals surface area contributed by atoms with Crippen LogP contribution < -0.4 is 41.8 Å². The lowest BCUT2D eigenvalue weighted by molar-refractivity contribution is 0.0925. The number of unbranched alkanes of at least 4 members (excludes halogenated alkanes) is 10. The molecule has 4 aromatic rings. The molecule has 0 saturated carbocycles. The third-order valence-electron chi connectivity index (χ3n) is 9.20. The summed E-state index contributed by atoms with van der Waals surface area (Å²) in [6.45, 7) is 5.81. The molecule has 6 amide bonds. The van der Waals surface area contributed by atoms with Crippen LogP contribution in [0.5, 0.6) is 11.5 Å². The maximum Gasteiger partial charge on any atom is 0.333 e. The first-order valence-corrected chi connectivity index (χ1v) is 19.9. The van der Waals surface area contributed by atoms with E-state index in [0.29, 0.717) is 42.3 Å². The number of carbonyl (C=O) groups is 4. The van der Waals surface area contributed by atoms with Crippen molar-refractivity contribution in [3.8, 4) is 11.5 Å². The van der Waals surface area contributed by atoms with Gasteiger partial charge in [-0.05, 0) is 65.1 Å². The van der Waals surface area contributed by atoms with Crippen LogP contribution in [0.3, 0.4) is 0 Å². The van der Waals surface area contributed by atoms with Gasteiger partial charge in [-0.2, -0.15) is 0 Å².